The van der Waals surface area contributed by atoms with Gasteiger partial charge >= 0.3 is 0 Å². The van der Waals surface area contributed by atoms with E-state index in [1.165, 1.54) is 6.42 Å². The van der Waals surface area contributed by atoms with Gasteiger partial charge in [0.25, 0.3) is 5.91 Å². The second-order valence-electron chi connectivity index (χ2n) is 5.74. The normalized spacial score (nSPS) is 23.2. The second kappa shape index (κ2) is 6.62. The standard InChI is InChI=1S/C17H22N2O2/c1-12-7-6-8-13(2)19(12)17(20)14(3)21-16-10-5-4-9-15(16)11-18/h4-5,9-10,12-14H,6-8H2,1-3H3/t12-,13-,14+/m0/s1. The molecule has 0 bridgehead atoms. The van der Waals surface area contributed by atoms with Crippen molar-refractivity contribution in [3.63, 3.8) is 0 Å². The number of nitriles is 1. The molecule has 1 aromatic rings. The fraction of sp³-hybridized carbons (Fsp3) is 0.529. The van der Waals surface area contributed by atoms with Gasteiger partial charge in [0.1, 0.15) is 11.8 Å². The van der Waals surface area contributed by atoms with E-state index in [0.29, 0.717) is 11.3 Å². The Morgan fingerprint density at radius 2 is 1.95 bits per heavy atom. The van der Waals surface area contributed by atoms with Crippen LogP contribution >= 0.6 is 0 Å². The molecular formula is C17H22N2O2. The summed E-state index contributed by atoms with van der Waals surface area (Å²) in [5.41, 5.74) is 0.455. The van der Waals surface area contributed by atoms with Crippen LogP contribution < -0.4 is 4.74 Å². The van der Waals surface area contributed by atoms with Gasteiger partial charge in [-0.3, -0.25) is 4.79 Å². The first kappa shape index (κ1) is 15.4. The number of amides is 1. The van der Waals surface area contributed by atoms with E-state index in [4.69, 9.17) is 10.00 Å². The van der Waals surface area contributed by atoms with Crippen LogP contribution in [-0.2, 0) is 4.79 Å². The van der Waals surface area contributed by atoms with Crippen LogP contribution in [-0.4, -0.2) is 29.0 Å². The van der Waals surface area contributed by atoms with E-state index in [-0.39, 0.29) is 18.0 Å². The smallest absolute Gasteiger partial charge is 0.263 e. The van der Waals surface area contributed by atoms with Gasteiger partial charge in [0, 0.05) is 12.1 Å². The number of likely N-dealkylation sites (tertiary alicyclic amines) is 1. The van der Waals surface area contributed by atoms with Gasteiger partial charge in [-0.25, -0.2) is 0 Å². The van der Waals surface area contributed by atoms with E-state index in [1.54, 1.807) is 31.2 Å². The van der Waals surface area contributed by atoms with Crippen molar-refractivity contribution in [2.45, 2.75) is 58.2 Å². The summed E-state index contributed by atoms with van der Waals surface area (Å²) in [6.45, 7) is 5.93. The van der Waals surface area contributed by atoms with Crippen LogP contribution in [0.5, 0.6) is 5.75 Å². The highest BCUT2D eigenvalue weighted by atomic mass is 16.5. The van der Waals surface area contributed by atoms with E-state index in [0.717, 1.165) is 12.8 Å². The molecule has 21 heavy (non-hydrogen) atoms. The number of carbonyl (C=O) groups excluding carboxylic acids is 1. The van der Waals surface area contributed by atoms with Gasteiger partial charge in [0.05, 0.1) is 5.56 Å². The third-order valence-electron chi connectivity index (χ3n) is 4.11. The first-order chi connectivity index (χ1) is 10.0. The van der Waals surface area contributed by atoms with Crippen LogP contribution in [0.2, 0.25) is 0 Å². The Hall–Kier alpha value is -2.02. The predicted molar refractivity (Wildman–Crippen MR) is 80.9 cm³/mol. The zero-order valence-corrected chi connectivity index (χ0v) is 12.9. The number of para-hydroxylation sites is 1. The van der Waals surface area contributed by atoms with Crippen molar-refractivity contribution >= 4 is 5.91 Å². The Kier molecular flexibility index (Phi) is 4.85. The molecule has 0 spiro atoms. The van der Waals surface area contributed by atoms with Gasteiger partial charge in [0.15, 0.2) is 6.10 Å². The van der Waals surface area contributed by atoms with Crippen LogP contribution in [0.25, 0.3) is 0 Å². The van der Waals surface area contributed by atoms with Gasteiger partial charge in [-0.2, -0.15) is 5.26 Å². The molecule has 1 amide bonds. The van der Waals surface area contributed by atoms with Crippen molar-refractivity contribution in [3.05, 3.63) is 29.8 Å². The van der Waals surface area contributed by atoms with Gasteiger partial charge in [-0.15, -0.1) is 0 Å². The maximum Gasteiger partial charge on any atom is 0.263 e. The molecule has 1 aromatic carbocycles. The molecule has 0 aliphatic carbocycles. The van der Waals surface area contributed by atoms with E-state index >= 15 is 0 Å². The summed E-state index contributed by atoms with van der Waals surface area (Å²) in [6, 6.07) is 9.59. The Balaban J connectivity index is 2.11. The van der Waals surface area contributed by atoms with Crippen molar-refractivity contribution in [2.24, 2.45) is 0 Å². The fourth-order valence-corrected chi connectivity index (χ4v) is 2.97. The molecule has 0 unspecified atom stereocenters. The average Bonchev–Trinajstić information content (AvgIpc) is 2.47. The van der Waals surface area contributed by atoms with Crippen LogP contribution in [0.1, 0.15) is 45.6 Å². The van der Waals surface area contributed by atoms with Crippen molar-refractivity contribution in [3.8, 4) is 11.8 Å². The lowest BCUT2D eigenvalue weighted by molar-refractivity contribution is -0.144. The highest BCUT2D eigenvalue weighted by Crippen LogP contribution is 2.25. The number of rotatable bonds is 3. The summed E-state index contributed by atoms with van der Waals surface area (Å²) < 4.78 is 5.73. The molecule has 4 nitrogen and oxygen atoms in total. The molecule has 3 atom stereocenters. The molecule has 0 N–H and O–H groups in total. The quantitative estimate of drug-likeness (QED) is 0.858. The van der Waals surface area contributed by atoms with Gasteiger partial charge < -0.3 is 9.64 Å². The molecule has 1 aliphatic rings. The summed E-state index contributed by atoms with van der Waals surface area (Å²) in [7, 11) is 0. The SMILES string of the molecule is C[C@@H](Oc1ccccc1C#N)C(=O)N1[C@@H](C)CCC[C@@H]1C. The molecule has 0 aromatic heterocycles. The number of benzene rings is 1. The van der Waals surface area contributed by atoms with Crippen molar-refractivity contribution < 1.29 is 9.53 Å². The number of ether oxygens (including phenoxy) is 1. The molecule has 1 aliphatic heterocycles. The Morgan fingerprint density at radius 1 is 1.33 bits per heavy atom. The highest BCUT2D eigenvalue weighted by molar-refractivity contribution is 5.81. The predicted octanol–water partition coefficient (Wildman–Crippen LogP) is 3.12. The van der Waals surface area contributed by atoms with Crippen LogP contribution in [0.3, 0.4) is 0 Å². The summed E-state index contributed by atoms with van der Waals surface area (Å²) >= 11 is 0. The lowest BCUT2D eigenvalue weighted by Crippen LogP contribution is -2.51. The minimum atomic E-state index is -0.581. The Labute approximate surface area is 126 Å². The zero-order valence-electron chi connectivity index (χ0n) is 12.9. The van der Waals surface area contributed by atoms with Crippen LogP contribution in [0.4, 0.5) is 0 Å². The maximum atomic E-state index is 12.6. The molecule has 112 valence electrons. The summed E-state index contributed by atoms with van der Waals surface area (Å²) in [4.78, 5) is 14.6. The van der Waals surface area contributed by atoms with E-state index < -0.39 is 6.10 Å². The van der Waals surface area contributed by atoms with E-state index in [2.05, 4.69) is 19.9 Å². The molecular weight excluding hydrogens is 264 g/mol. The Bertz CT molecular complexity index is 540. The minimum Gasteiger partial charge on any atom is -0.480 e. The highest BCUT2D eigenvalue weighted by Gasteiger charge is 2.32. The van der Waals surface area contributed by atoms with Crippen LogP contribution in [0, 0.1) is 11.3 Å². The second-order valence-corrected chi connectivity index (χ2v) is 5.74. The van der Waals surface area contributed by atoms with Crippen LogP contribution in [0.15, 0.2) is 24.3 Å². The molecule has 2 rings (SSSR count). The summed E-state index contributed by atoms with van der Waals surface area (Å²) in [5, 5.41) is 9.08. The molecule has 1 saturated heterocycles. The zero-order chi connectivity index (χ0) is 15.4. The monoisotopic (exact) mass is 286 g/mol. The number of nitrogens with zero attached hydrogens (tertiary/aromatic N) is 2. The molecule has 1 fully saturated rings. The summed E-state index contributed by atoms with van der Waals surface area (Å²) in [6.07, 6.45) is 2.66. The molecule has 1 heterocycles. The lowest BCUT2D eigenvalue weighted by Gasteiger charge is -2.40. The minimum absolute atomic E-state index is 0.00226. The Morgan fingerprint density at radius 3 is 2.57 bits per heavy atom. The van der Waals surface area contributed by atoms with Gasteiger partial charge in [-0.1, -0.05) is 12.1 Å². The van der Waals surface area contributed by atoms with Gasteiger partial charge in [-0.05, 0) is 52.2 Å². The van der Waals surface area contributed by atoms with Crippen molar-refractivity contribution in [1.29, 1.82) is 5.26 Å². The van der Waals surface area contributed by atoms with Gasteiger partial charge in [0.2, 0.25) is 0 Å². The first-order valence-corrected chi connectivity index (χ1v) is 7.52. The molecule has 0 saturated carbocycles. The fourth-order valence-electron chi connectivity index (χ4n) is 2.97. The van der Waals surface area contributed by atoms with Crippen molar-refractivity contribution in [1.82, 2.24) is 4.90 Å². The lowest BCUT2D eigenvalue weighted by atomic mass is 9.97. The third-order valence-corrected chi connectivity index (χ3v) is 4.11. The maximum absolute atomic E-state index is 12.6. The largest absolute Gasteiger partial charge is 0.480 e. The van der Waals surface area contributed by atoms with Crippen molar-refractivity contribution in [2.75, 3.05) is 0 Å². The average molecular weight is 286 g/mol. The molecule has 0 radical (unpaired) electrons. The van der Waals surface area contributed by atoms with E-state index in [9.17, 15) is 4.79 Å². The topological polar surface area (TPSA) is 53.3 Å². The molecule has 4 heteroatoms. The first-order valence-electron chi connectivity index (χ1n) is 7.52. The third kappa shape index (κ3) is 3.36. The van der Waals surface area contributed by atoms with E-state index in [1.807, 2.05) is 4.90 Å². The summed E-state index contributed by atoms with van der Waals surface area (Å²) in [5.74, 6) is 0.473. The number of hydrogen-bond acceptors (Lipinski definition) is 3. The number of piperidine rings is 1. The number of hydrogen-bond donors (Lipinski definition) is 0. The number of carbonyl (C=O) groups is 1.